The van der Waals surface area contributed by atoms with Crippen LogP contribution < -0.4 is 4.72 Å². The number of halogens is 4. The molecular weight excluding hydrogens is 407 g/mol. The SMILES string of the molecule is CCOC(=O)C(F)(F)[C@](C)(N[SH+]C(C)(C)C)c1cc(Br)ccc1F. The molecule has 1 rings (SSSR count). The van der Waals surface area contributed by atoms with Gasteiger partial charge in [0.15, 0.2) is 5.54 Å². The highest BCUT2D eigenvalue weighted by Crippen LogP contribution is 2.41. The molecule has 0 aliphatic rings. The van der Waals surface area contributed by atoms with Crippen LogP contribution in [0.4, 0.5) is 13.2 Å². The fourth-order valence-corrected chi connectivity index (χ4v) is 3.07. The molecule has 0 fully saturated rings. The molecule has 0 saturated carbocycles. The number of nitrogens with one attached hydrogen (secondary N) is 1. The molecule has 1 N–H and O–H groups in total. The normalized spacial score (nSPS) is 15.0. The van der Waals surface area contributed by atoms with Crippen molar-refractivity contribution in [2.45, 2.75) is 50.8 Å². The molecule has 1 atom stereocenters. The number of benzene rings is 1. The first-order chi connectivity index (χ1) is 10.8. The molecule has 0 aliphatic heterocycles. The predicted octanol–water partition coefficient (Wildman–Crippen LogP) is 4.12. The summed E-state index contributed by atoms with van der Waals surface area (Å²) in [6, 6.07) is 3.73. The molecule has 0 aliphatic carbocycles. The summed E-state index contributed by atoms with van der Waals surface area (Å²) < 4.78 is 51.3. The standard InChI is InChI=1S/C16H21BrF3NO2S/c1-6-23-13(22)16(19,20)15(5,21-24-14(2,3)4)11-9-10(17)7-8-12(11)18/h7-9,21H,6H2,1-5H3/p+1/t15-/m1/s1. The molecule has 24 heavy (non-hydrogen) atoms. The van der Waals surface area contributed by atoms with E-state index in [2.05, 4.69) is 25.4 Å². The van der Waals surface area contributed by atoms with Crippen molar-refractivity contribution in [3.05, 3.63) is 34.1 Å². The Kier molecular flexibility index (Phi) is 6.80. The molecular formula is C16H22BrF3NO2S+. The minimum absolute atomic E-state index is 0.192. The van der Waals surface area contributed by atoms with Crippen LogP contribution in [0.2, 0.25) is 0 Å². The quantitative estimate of drug-likeness (QED) is 0.420. The van der Waals surface area contributed by atoms with Crippen LogP contribution >= 0.6 is 15.9 Å². The Balaban J connectivity index is 3.46. The molecule has 0 radical (unpaired) electrons. The Bertz CT molecular complexity index is 607. The molecule has 0 aromatic heterocycles. The lowest BCUT2D eigenvalue weighted by Gasteiger charge is -2.35. The average molecular weight is 429 g/mol. The summed E-state index contributed by atoms with van der Waals surface area (Å²) in [6.45, 7) is 7.85. The molecule has 0 unspecified atom stereocenters. The molecule has 136 valence electrons. The topological polar surface area (TPSA) is 38.3 Å². The largest absolute Gasteiger partial charge is 0.461 e. The first kappa shape index (κ1) is 21.3. The van der Waals surface area contributed by atoms with E-state index in [9.17, 15) is 18.0 Å². The Hall–Kier alpha value is -0.730. The van der Waals surface area contributed by atoms with Gasteiger partial charge in [-0.1, -0.05) is 15.9 Å². The van der Waals surface area contributed by atoms with E-state index in [1.807, 2.05) is 20.8 Å². The Morgan fingerprint density at radius 3 is 2.38 bits per heavy atom. The van der Waals surface area contributed by atoms with E-state index >= 15 is 0 Å². The van der Waals surface area contributed by atoms with E-state index in [1.54, 1.807) is 0 Å². The molecule has 0 saturated heterocycles. The van der Waals surface area contributed by atoms with Crippen LogP contribution in [0.1, 0.15) is 40.2 Å². The molecule has 0 amide bonds. The summed E-state index contributed by atoms with van der Waals surface area (Å²) in [5.74, 6) is -6.49. The number of alkyl halides is 2. The lowest BCUT2D eigenvalue weighted by atomic mass is 9.86. The summed E-state index contributed by atoms with van der Waals surface area (Å²) in [5, 5.41) is 0. The Labute approximate surface area is 153 Å². The first-order valence-corrected chi connectivity index (χ1v) is 9.03. The van der Waals surface area contributed by atoms with Crippen molar-refractivity contribution in [3.63, 3.8) is 0 Å². The fourth-order valence-electron chi connectivity index (χ4n) is 1.89. The van der Waals surface area contributed by atoms with Gasteiger partial charge in [0.05, 0.1) is 18.6 Å². The van der Waals surface area contributed by atoms with Crippen molar-refractivity contribution >= 4 is 33.8 Å². The summed E-state index contributed by atoms with van der Waals surface area (Å²) in [6.07, 6.45) is 0. The Morgan fingerprint density at radius 2 is 1.88 bits per heavy atom. The molecule has 1 aromatic carbocycles. The van der Waals surface area contributed by atoms with Gasteiger partial charge in [-0.3, -0.25) is 0 Å². The molecule has 0 bridgehead atoms. The van der Waals surface area contributed by atoms with E-state index in [0.717, 1.165) is 13.0 Å². The highest BCUT2D eigenvalue weighted by molar-refractivity contribution is 9.10. The van der Waals surface area contributed by atoms with Crippen molar-refractivity contribution < 1.29 is 22.7 Å². The average Bonchev–Trinajstić information content (AvgIpc) is 2.46. The van der Waals surface area contributed by atoms with E-state index in [0.29, 0.717) is 16.4 Å². The van der Waals surface area contributed by atoms with E-state index in [4.69, 9.17) is 0 Å². The maximum absolute atomic E-state index is 14.9. The molecule has 3 nitrogen and oxygen atoms in total. The minimum atomic E-state index is -3.97. The van der Waals surface area contributed by atoms with Crippen LogP contribution in [0.3, 0.4) is 0 Å². The fraction of sp³-hybridized carbons (Fsp3) is 0.562. The summed E-state index contributed by atoms with van der Waals surface area (Å²) >= 11 is 3.58. The zero-order valence-electron chi connectivity index (χ0n) is 14.2. The third kappa shape index (κ3) is 4.67. The zero-order chi connectivity index (χ0) is 18.8. The molecule has 8 heteroatoms. The molecule has 0 heterocycles. The van der Waals surface area contributed by atoms with Gasteiger partial charge in [-0.2, -0.15) is 8.78 Å². The van der Waals surface area contributed by atoms with E-state index in [-0.39, 0.29) is 16.9 Å². The smallest absolute Gasteiger partial charge is 0.379 e. The monoisotopic (exact) mass is 428 g/mol. The van der Waals surface area contributed by atoms with Crippen molar-refractivity contribution in [2.24, 2.45) is 0 Å². The van der Waals surface area contributed by atoms with Gasteiger partial charge in [0, 0.05) is 10.0 Å². The molecule has 1 aromatic rings. The Morgan fingerprint density at radius 1 is 1.29 bits per heavy atom. The van der Waals surface area contributed by atoms with Gasteiger partial charge in [-0.05, 0) is 52.8 Å². The van der Waals surface area contributed by atoms with Crippen LogP contribution in [-0.2, 0) is 27.0 Å². The lowest BCUT2D eigenvalue weighted by Crippen LogP contribution is -2.59. The second-order valence-corrected chi connectivity index (χ2v) is 9.14. The van der Waals surface area contributed by atoms with Gasteiger partial charge in [0.1, 0.15) is 10.6 Å². The number of hydrogen-bond donors (Lipinski definition) is 1. The first-order valence-electron chi connectivity index (χ1n) is 7.35. The predicted molar refractivity (Wildman–Crippen MR) is 94.7 cm³/mol. The number of ether oxygens (including phenoxy) is 1. The van der Waals surface area contributed by atoms with Gasteiger partial charge >= 0.3 is 11.9 Å². The third-order valence-electron chi connectivity index (χ3n) is 3.24. The van der Waals surface area contributed by atoms with Crippen LogP contribution in [0.15, 0.2) is 22.7 Å². The number of rotatable bonds is 6. The number of thiol groups is 1. The van der Waals surface area contributed by atoms with Gasteiger partial charge in [-0.15, -0.1) is 4.72 Å². The van der Waals surface area contributed by atoms with Gasteiger partial charge in [0.25, 0.3) is 0 Å². The highest BCUT2D eigenvalue weighted by Gasteiger charge is 2.62. The van der Waals surface area contributed by atoms with Crippen LogP contribution in [0, 0.1) is 5.82 Å². The number of carbonyl (C=O) groups excluding carboxylic acids is 1. The number of esters is 1. The maximum Gasteiger partial charge on any atom is 0.379 e. The third-order valence-corrected chi connectivity index (χ3v) is 4.96. The van der Waals surface area contributed by atoms with Gasteiger partial charge in [-0.25, -0.2) is 9.18 Å². The minimum Gasteiger partial charge on any atom is -0.461 e. The van der Waals surface area contributed by atoms with E-state index in [1.165, 1.54) is 19.1 Å². The summed E-state index contributed by atoms with van der Waals surface area (Å²) in [4.78, 5) is 11.9. The van der Waals surface area contributed by atoms with Crippen LogP contribution in [0.25, 0.3) is 0 Å². The van der Waals surface area contributed by atoms with Crippen molar-refractivity contribution in [3.8, 4) is 0 Å². The van der Waals surface area contributed by atoms with Crippen LogP contribution in [0.5, 0.6) is 0 Å². The second-order valence-electron chi connectivity index (χ2n) is 6.44. The summed E-state index contributed by atoms with van der Waals surface area (Å²) in [5.41, 5.74) is -2.59. The number of hydrogen-bond acceptors (Lipinski definition) is 3. The van der Waals surface area contributed by atoms with Gasteiger partial charge in [0.2, 0.25) is 0 Å². The van der Waals surface area contributed by atoms with Crippen molar-refractivity contribution in [1.82, 2.24) is 4.72 Å². The van der Waals surface area contributed by atoms with Crippen molar-refractivity contribution in [1.29, 1.82) is 0 Å². The van der Waals surface area contributed by atoms with E-state index < -0.39 is 23.2 Å². The highest BCUT2D eigenvalue weighted by atomic mass is 79.9. The van der Waals surface area contributed by atoms with Crippen molar-refractivity contribution in [2.75, 3.05) is 6.61 Å². The number of carbonyl (C=O) groups is 1. The maximum atomic E-state index is 14.9. The zero-order valence-corrected chi connectivity index (χ0v) is 16.7. The molecule has 0 spiro atoms. The second kappa shape index (κ2) is 7.66. The van der Waals surface area contributed by atoms with Crippen LogP contribution in [-0.4, -0.2) is 23.2 Å². The lowest BCUT2D eigenvalue weighted by molar-refractivity contribution is -0.183. The van der Waals surface area contributed by atoms with Gasteiger partial charge < -0.3 is 4.74 Å². The summed E-state index contributed by atoms with van der Waals surface area (Å²) in [7, 11) is 0.